The zero-order valence-corrected chi connectivity index (χ0v) is 16.1. The fourth-order valence-corrected chi connectivity index (χ4v) is 3.55. The Balaban J connectivity index is 1.33. The monoisotopic (exact) mass is 375 g/mol. The molecule has 1 aromatic heterocycles. The number of benzene rings is 2. The van der Waals surface area contributed by atoms with E-state index in [4.69, 9.17) is 4.42 Å². The molecule has 1 fully saturated rings. The minimum atomic E-state index is -0.0161. The summed E-state index contributed by atoms with van der Waals surface area (Å²) in [6, 6.07) is 17.9. The van der Waals surface area contributed by atoms with Gasteiger partial charge in [0.25, 0.3) is 0 Å². The molecule has 4 rings (SSSR count). The molecule has 5 nitrogen and oxygen atoms in total. The number of anilines is 2. The van der Waals surface area contributed by atoms with E-state index in [1.807, 2.05) is 49.4 Å². The van der Waals surface area contributed by atoms with Crippen molar-refractivity contribution in [3.63, 3.8) is 0 Å². The van der Waals surface area contributed by atoms with Crippen LogP contribution in [0.3, 0.4) is 0 Å². The molecule has 144 valence electrons. The highest BCUT2D eigenvalue weighted by Gasteiger charge is 2.14. The first-order valence-corrected chi connectivity index (χ1v) is 9.85. The second kappa shape index (κ2) is 8.30. The highest BCUT2D eigenvalue weighted by atomic mass is 16.4. The van der Waals surface area contributed by atoms with Gasteiger partial charge in [-0.2, -0.15) is 0 Å². The third-order valence-corrected chi connectivity index (χ3v) is 5.12. The fourth-order valence-electron chi connectivity index (χ4n) is 3.55. The quantitative estimate of drug-likeness (QED) is 0.671. The minimum absolute atomic E-state index is 0.0161. The van der Waals surface area contributed by atoms with Gasteiger partial charge in [0.05, 0.1) is 5.69 Å². The van der Waals surface area contributed by atoms with E-state index in [1.54, 1.807) is 0 Å². The average molecular weight is 375 g/mol. The molecule has 0 spiro atoms. The van der Waals surface area contributed by atoms with Crippen molar-refractivity contribution >= 4 is 17.3 Å². The molecular weight excluding hydrogens is 350 g/mol. The molecule has 1 aliphatic heterocycles. The van der Waals surface area contributed by atoms with Gasteiger partial charge in [0, 0.05) is 42.9 Å². The number of nitrogens with one attached hydrogen (secondary N) is 1. The Morgan fingerprint density at radius 2 is 1.79 bits per heavy atom. The molecule has 0 unspecified atom stereocenters. The van der Waals surface area contributed by atoms with Gasteiger partial charge < -0.3 is 14.6 Å². The number of hydrogen-bond donors (Lipinski definition) is 1. The first-order valence-electron chi connectivity index (χ1n) is 9.85. The second-order valence-electron chi connectivity index (χ2n) is 7.18. The molecular formula is C23H25N3O2. The maximum absolute atomic E-state index is 12.3. The number of hydrogen-bond acceptors (Lipinski definition) is 4. The summed E-state index contributed by atoms with van der Waals surface area (Å²) in [6.45, 7) is 4.13. The molecule has 0 aliphatic carbocycles. The van der Waals surface area contributed by atoms with Gasteiger partial charge in [-0.05, 0) is 56.2 Å². The van der Waals surface area contributed by atoms with Crippen LogP contribution < -0.4 is 10.2 Å². The highest BCUT2D eigenvalue weighted by molar-refractivity contribution is 5.91. The van der Waals surface area contributed by atoms with Crippen molar-refractivity contribution in [1.29, 1.82) is 0 Å². The van der Waals surface area contributed by atoms with Crippen LogP contribution in [0.5, 0.6) is 0 Å². The van der Waals surface area contributed by atoms with Crippen molar-refractivity contribution in [3.05, 3.63) is 66.1 Å². The van der Waals surface area contributed by atoms with Gasteiger partial charge in [0.1, 0.15) is 5.76 Å². The first kappa shape index (κ1) is 18.3. The smallest absolute Gasteiger partial charge is 0.226 e. The summed E-state index contributed by atoms with van der Waals surface area (Å²) in [5.74, 6) is 1.35. The Morgan fingerprint density at radius 3 is 2.50 bits per heavy atom. The Labute approximate surface area is 165 Å². The molecule has 0 atom stereocenters. The zero-order valence-electron chi connectivity index (χ0n) is 16.1. The van der Waals surface area contributed by atoms with E-state index in [9.17, 15) is 4.79 Å². The van der Waals surface area contributed by atoms with Gasteiger partial charge in [-0.1, -0.05) is 18.2 Å². The largest absolute Gasteiger partial charge is 0.441 e. The summed E-state index contributed by atoms with van der Waals surface area (Å²) in [7, 11) is 0. The molecule has 5 heteroatoms. The first-order chi connectivity index (χ1) is 13.7. The van der Waals surface area contributed by atoms with Gasteiger partial charge in [0.2, 0.25) is 11.8 Å². The summed E-state index contributed by atoms with van der Waals surface area (Å²) in [5.41, 5.74) is 3.83. The maximum atomic E-state index is 12.3. The standard InChI is InChI=1S/C23H25N3O2/c1-17-21(25-23(28-17)18-7-3-2-4-8-18)13-14-22(27)24-19-9-11-20(12-10-19)26-15-5-6-16-26/h2-4,7-12H,5-6,13-16H2,1H3,(H,24,27). The Morgan fingerprint density at radius 1 is 1.07 bits per heavy atom. The second-order valence-corrected chi connectivity index (χ2v) is 7.18. The van der Waals surface area contributed by atoms with Crippen LogP contribution in [0.2, 0.25) is 0 Å². The van der Waals surface area contributed by atoms with E-state index in [2.05, 4.69) is 27.3 Å². The number of carbonyl (C=O) groups is 1. The van der Waals surface area contributed by atoms with Crippen molar-refractivity contribution in [2.45, 2.75) is 32.6 Å². The summed E-state index contributed by atoms with van der Waals surface area (Å²) in [4.78, 5) is 19.3. The molecule has 0 saturated carbocycles. The lowest BCUT2D eigenvalue weighted by atomic mass is 10.2. The average Bonchev–Trinajstić information content (AvgIpc) is 3.38. The van der Waals surface area contributed by atoms with E-state index in [0.717, 1.165) is 35.8 Å². The third kappa shape index (κ3) is 4.25. The van der Waals surface area contributed by atoms with E-state index >= 15 is 0 Å². The lowest BCUT2D eigenvalue weighted by Gasteiger charge is -2.17. The Bertz CT molecular complexity index is 926. The summed E-state index contributed by atoms with van der Waals surface area (Å²) in [5, 5.41) is 2.97. The fraction of sp³-hybridized carbons (Fsp3) is 0.304. The highest BCUT2D eigenvalue weighted by Crippen LogP contribution is 2.23. The van der Waals surface area contributed by atoms with Crippen LogP contribution in [0.4, 0.5) is 11.4 Å². The molecule has 1 aliphatic rings. The van der Waals surface area contributed by atoms with Gasteiger partial charge in [0.15, 0.2) is 0 Å². The predicted molar refractivity (Wildman–Crippen MR) is 112 cm³/mol. The lowest BCUT2D eigenvalue weighted by molar-refractivity contribution is -0.116. The maximum Gasteiger partial charge on any atom is 0.226 e. The molecule has 1 amide bonds. The van der Waals surface area contributed by atoms with Crippen molar-refractivity contribution in [3.8, 4) is 11.5 Å². The number of aromatic nitrogens is 1. The van der Waals surface area contributed by atoms with Crippen LogP contribution in [-0.4, -0.2) is 24.0 Å². The van der Waals surface area contributed by atoms with Crippen LogP contribution in [0.15, 0.2) is 59.0 Å². The number of rotatable bonds is 6. The Kier molecular flexibility index (Phi) is 5.42. The number of oxazole rings is 1. The molecule has 1 N–H and O–H groups in total. The van der Waals surface area contributed by atoms with Gasteiger partial charge in [-0.3, -0.25) is 4.79 Å². The van der Waals surface area contributed by atoms with Crippen molar-refractivity contribution < 1.29 is 9.21 Å². The lowest BCUT2D eigenvalue weighted by Crippen LogP contribution is -2.17. The predicted octanol–water partition coefficient (Wildman–Crippen LogP) is 4.82. The summed E-state index contributed by atoms with van der Waals surface area (Å²) in [6.07, 6.45) is 3.44. The molecule has 2 aromatic carbocycles. The van der Waals surface area contributed by atoms with Crippen molar-refractivity contribution in [2.75, 3.05) is 23.3 Å². The van der Waals surface area contributed by atoms with E-state index in [0.29, 0.717) is 18.7 Å². The van der Waals surface area contributed by atoms with Gasteiger partial charge in [-0.25, -0.2) is 4.98 Å². The molecule has 0 radical (unpaired) electrons. The third-order valence-electron chi connectivity index (χ3n) is 5.12. The topological polar surface area (TPSA) is 58.4 Å². The normalized spacial score (nSPS) is 13.7. The molecule has 2 heterocycles. The number of amides is 1. The van der Waals surface area contributed by atoms with Crippen LogP contribution >= 0.6 is 0 Å². The number of nitrogens with zero attached hydrogens (tertiary/aromatic N) is 2. The summed E-state index contributed by atoms with van der Waals surface area (Å²) < 4.78 is 5.77. The van der Waals surface area contributed by atoms with E-state index < -0.39 is 0 Å². The van der Waals surface area contributed by atoms with Crippen LogP contribution in [-0.2, 0) is 11.2 Å². The summed E-state index contributed by atoms with van der Waals surface area (Å²) >= 11 is 0. The SMILES string of the molecule is Cc1oc(-c2ccccc2)nc1CCC(=O)Nc1ccc(N2CCCC2)cc1. The van der Waals surface area contributed by atoms with Crippen LogP contribution in [0.1, 0.15) is 30.7 Å². The molecule has 3 aromatic rings. The van der Waals surface area contributed by atoms with Gasteiger partial charge >= 0.3 is 0 Å². The van der Waals surface area contributed by atoms with Crippen LogP contribution in [0.25, 0.3) is 11.5 Å². The molecule has 0 bridgehead atoms. The molecule has 1 saturated heterocycles. The zero-order chi connectivity index (χ0) is 19.3. The number of aryl methyl sites for hydroxylation is 2. The van der Waals surface area contributed by atoms with Crippen molar-refractivity contribution in [2.24, 2.45) is 0 Å². The number of carbonyl (C=O) groups excluding carboxylic acids is 1. The van der Waals surface area contributed by atoms with Gasteiger partial charge in [-0.15, -0.1) is 0 Å². The van der Waals surface area contributed by atoms with E-state index in [1.165, 1.54) is 18.5 Å². The van der Waals surface area contributed by atoms with Crippen molar-refractivity contribution in [1.82, 2.24) is 4.98 Å². The Hall–Kier alpha value is -3.08. The minimum Gasteiger partial charge on any atom is -0.441 e. The molecule has 28 heavy (non-hydrogen) atoms. The van der Waals surface area contributed by atoms with E-state index in [-0.39, 0.29) is 5.91 Å². The van der Waals surface area contributed by atoms with Crippen LogP contribution in [0, 0.1) is 6.92 Å².